The molecule has 0 aliphatic carbocycles. The van der Waals surface area contributed by atoms with Crippen molar-refractivity contribution in [3.63, 3.8) is 0 Å². The van der Waals surface area contributed by atoms with E-state index in [1.807, 2.05) is 19.2 Å². The van der Waals surface area contributed by atoms with Gasteiger partial charge in [-0.2, -0.15) is 0 Å². The molecule has 21 heavy (non-hydrogen) atoms. The fourth-order valence-corrected chi connectivity index (χ4v) is 3.31. The first-order valence-corrected chi connectivity index (χ1v) is 8.36. The Morgan fingerprint density at radius 3 is 2.29 bits per heavy atom. The lowest BCUT2D eigenvalue weighted by molar-refractivity contribution is 0.626. The van der Waals surface area contributed by atoms with Crippen molar-refractivity contribution < 1.29 is 4.39 Å². The zero-order valence-corrected chi connectivity index (χ0v) is 13.4. The molecule has 112 valence electrons. The summed E-state index contributed by atoms with van der Waals surface area (Å²) in [6, 6.07) is 15.8. The third-order valence-corrected chi connectivity index (χ3v) is 4.61. The van der Waals surface area contributed by atoms with E-state index < -0.39 is 0 Å². The molecule has 0 radical (unpaired) electrons. The van der Waals surface area contributed by atoms with Crippen molar-refractivity contribution >= 4 is 11.8 Å². The molecule has 0 aliphatic heterocycles. The molecule has 1 atom stereocenters. The number of nitrogens with one attached hydrogen (secondary N) is 1. The number of aryl methyl sites for hydroxylation is 1. The quantitative estimate of drug-likeness (QED) is 0.735. The van der Waals surface area contributed by atoms with Crippen LogP contribution < -0.4 is 5.32 Å². The van der Waals surface area contributed by atoms with E-state index in [1.165, 1.54) is 29.7 Å². The van der Waals surface area contributed by atoms with Gasteiger partial charge in [-0.15, -0.1) is 11.8 Å². The Hall–Kier alpha value is -1.32. The highest BCUT2D eigenvalue weighted by Crippen LogP contribution is 2.25. The number of thioether (sulfide) groups is 1. The molecular weight excluding hydrogens is 281 g/mol. The predicted octanol–water partition coefficient (Wildman–Crippen LogP) is 4.83. The topological polar surface area (TPSA) is 12.0 Å². The van der Waals surface area contributed by atoms with Crippen LogP contribution in [0.25, 0.3) is 0 Å². The van der Waals surface area contributed by atoms with Crippen molar-refractivity contribution in [1.29, 1.82) is 0 Å². The third-order valence-electron chi connectivity index (χ3n) is 3.50. The average molecular weight is 303 g/mol. The molecular formula is C18H22FNS. The smallest absolute Gasteiger partial charge is 0.123 e. The Morgan fingerprint density at radius 2 is 1.71 bits per heavy atom. The Bertz CT molecular complexity index is 536. The minimum Gasteiger partial charge on any atom is -0.312 e. The number of halogens is 1. The molecule has 0 spiro atoms. The van der Waals surface area contributed by atoms with Crippen molar-refractivity contribution in [3.8, 4) is 0 Å². The summed E-state index contributed by atoms with van der Waals surface area (Å²) in [6.45, 7) is 2.20. The summed E-state index contributed by atoms with van der Waals surface area (Å²) in [7, 11) is 1.98. The summed E-state index contributed by atoms with van der Waals surface area (Å²) in [5.41, 5.74) is 2.69. The maximum absolute atomic E-state index is 12.9. The van der Waals surface area contributed by atoms with Crippen LogP contribution in [0.1, 0.15) is 30.5 Å². The molecule has 2 aromatic rings. The second kappa shape index (κ2) is 8.20. The minimum absolute atomic E-state index is 0.184. The van der Waals surface area contributed by atoms with Crippen LogP contribution in [-0.4, -0.2) is 12.8 Å². The van der Waals surface area contributed by atoms with Crippen LogP contribution in [0, 0.1) is 5.82 Å². The van der Waals surface area contributed by atoms with Crippen molar-refractivity contribution in [3.05, 3.63) is 65.5 Å². The van der Waals surface area contributed by atoms with E-state index in [0.717, 1.165) is 17.1 Å². The van der Waals surface area contributed by atoms with Gasteiger partial charge in [0.05, 0.1) is 0 Å². The Labute approximate surface area is 131 Å². The van der Waals surface area contributed by atoms with Gasteiger partial charge in [0, 0.05) is 16.7 Å². The zero-order valence-electron chi connectivity index (χ0n) is 12.6. The van der Waals surface area contributed by atoms with Gasteiger partial charge in [0.2, 0.25) is 0 Å². The summed E-state index contributed by atoms with van der Waals surface area (Å²) in [6.07, 6.45) is 2.31. The molecule has 0 aromatic heterocycles. The fraction of sp³-hybridized carbons (Fsp3) is 0.333. The van der Waals surface area contributed by atoms with Gasteiger partial charge in [-0.1, -0.05) is 37.6 Å². The average Bonchev–Trinajstić information content (AvgIpc) is 2.51. The van der Waals surface area contributed by atoms with E-state index in [-0.39, 0.29) is 5.82 Å². The minimum atomic E-state index is -0.184. The van der Waals surface area contributed by atoms with Crippen LogP contribution in [0.2, 0.25) is 0 Å². The van der Waals surface area contributed by atoms with Gasteiger partial charge in [-0.3, -0.25) is 0 Å². The first-order valence-electron chi connectivity index (χ1n) is 7.37. The lowest BCUT2D eigenvalue weighted by Crippen LogP contribution is -2.18. The monoisotopic (exact) mass is 303 g/mol. The maximum Gasteiger partial charge on any atom is 0.123 e. The SMILES string of the molecule is CCCc1ccc(C(CSc2ccc(F)cc2)NC)cc1. The van der Waals surface area contributed by atoms with Gasteiger partial charge in [0.1, 0.15) is 5.82 Å². The van der Waals surface area contributed by atoms with E-state index >= 15 is 0 Å². The van der Waals surface area contributed by atoms with Gasteiger partial charge < -0.3 is 5.32 Å². The van der Waals surface area contributed by atoms with Crippen molar-refractivity contribution in [1.82, 2.24) is 5.32 Å². The largest absolute Gasteiger partial charge is 0.312 e. The lowest BCUT2D eigenvalue weighted by atomic mass is 10.0. The first-order chi connectivity index (χ1) is 10.2. The summed E-state index contributed by atoms with van der Waals surface area (Å²) >= 11 is 1.74. The van der Waals surface area contributed by atoms with Crippen molar-refractivity contribution in [2.75, 3.05) is 12.8 Å². The molecule has 0 fully saturated rings. The molecule has 1 N–H and O–H groups in total. The molecule has 1 unspecified atom stereocenters. The molecule has 0 heterocycles. The normalized spacial score (nSPS) is 12.3. The molecule has 0 saturated heterocycles. The fourth-order valence-electron chi connectivity index (χ4n) is 2.26. The second-order valence-corrected chi connectivity index (χ2v) is 6.19. The van der Waals surface area contributed by atoms with Crippen LogP contribution in [-0.2, 0) is 6.42 Å². The Kier molecular flexibility index (Phi) is 6.27. The summed E-state index contributed by atoms with van der Waals surface area (Å²) in [5, 5.41) is 3.36. The van der Waals surface area contributed by atoms with Crippen LogP contribution in [0.3, 0.4) is 0 Å². The maximum atomic E-state index is 12.9. The second-order valence-electron chi connectivity index (χ2n) is 5.10. The van der Waals surface area contributed by atoms with Gasteiger partial charge in [0.25, 0.3) is 0 Å². The highest BCUT2D eigenvalue weighted by atomic mass is 32.2. The van der Waals surface area contributed by atoms with Crippen molar-refractivity contribution in [2.24, 2.45) is 0 Å². The molecule has 0 bridgehead atoms. The lowest BCUT2D eigenvalue weighted by Gasteiger charge is -2.17. The van der Waals surface area contributed by atoms with E-state index in [0.29, 0.717) is 6.04 Å². The molecule has 3 heteroatoms. The molecule has 0 aliphatic rings. The Morgan fingerprint density at radius 1 is 1.05 bits per heavy atom. The van der Waals surface area contributed by atoms with E-state index in [9.17, 15) is 4.39 Å². The van der Waals surface area contributed by atoms with Gasteiger partial charge in [-0.25, -0.2) is 4.39 Å². The molecule has 2 aromatic carbocycles. The van der Waals surface area contributed by atoms with Crippen molar-refractivity contribution in [2.45, 2.75) is 30.7 Å². The van der Waals surface area contributed by atoms with Crippen LogP contribution in [0.5, 0.6) is 0 Å². The summed E-state index contributed by atoms with van der Waals surface area (Å²) in [4.78, 5) is 1.10. The third kappa shape index (κ3) is 4.87. The van der Waals surface area contributed by atoms with Gasteiger partial charge in [0.15, 0.2) is 0 Å². The zero-order chi connectivity index (χ0) is 15.1. The number of hydrogen-bond acceptors (Lipinski definition) is 2. The van der Waals surface area contributed by atoms with Crippen LogP contribution in [0.4, 0.5) is 4.39 Å². The number of rotatable bonds is 7. The summed E-state index contributed by atoms with van der Waals surface area (Å²) < 4.78 is 12.9. The highest BCUT2D eigenvalue weighted by Gasteiger charge is 2.09. The summed E-state index contributed by atoms with van der Waals surface area (Å²) in [5.74, 6) is 0.742. The standard InChI is InChI=1S/C18H22FNS/c1-3-4-14-5-7-15(8-6-14)18(20-2)13-21-17-11-9-16(19)10-12-17/h5-12,18,20H,3-4,13H2,1-2H3. The van der Waals surface area contributed by atoms with E-state index in [1.54, 1.807) is 11.8 Å². The first kappa shape index (κ1) is 16.1. The molecule has 0 amide bonds. The van der Waals surface area contributed by atoms with Crippen LogP contribution >= 0.6 is 11.8 Å². The molecule has 2 rings (SSSR count). The van der Waals surface area contributed by atoms with E-state index in [4.69, 9.17) is 0 Å². The molecule has 0 saturated carbocycles. The predicted molar refractivity (Wildman–Crippen MR) is 89.4 cm³/mol. The Balaban J connectivity index is 1.97. The number of benzene rings is 2. The highest BCUT2D eigenvalue weighted by molar-refractivity contribution is 7.99. The molecule has 1 nitrogen and oxygen atoms in total. The van der Waals surface area contributed by atoms with Crippen LogP contribution in [0.15, 0.2) is 53.4 Å². The van der Waals surface area contributed by atoms with E-state index in [2.05, 4.69) is 36.5 Å². The van der Waals surface area contributed by atoms with Gasteiger partial charge in [-0.05, 0) is 48.9 Å². The van der Waals surface area contributed by atoms with Gasteiger partial charge >= 0.3 is 0 Å². The number of hydrogen-bond donors (Lipinski definition) is 1.